The van der Waals surface area contributed by atoms with Gasteiger partial charge in [-0.15, -0.1) is 5.10 Å². The molecular formula is C30H32N6O3. The molecule has 0 unspecified atom stereocenters. The quantitative estimate of drug-likeness (QED) is 0.352. The van der Waals surface area contributed by atoms with Crippen molar-refractivity contribution < 1.29 is 14.4 Å². The zero-order chi connectivity index (χ0) is 27.4. The van der Waals surface area contributed by atoms with Crippen molar-refractivity contribution in [2.45, 2.75) is 58.2 Å². The molecule has 1 atom stereocenters. The molecule has 5 rings (SSSR count). The van der Waals surface area contributed by atoms with Gasteiger partial charge in [-0.3, -0.25) is 19.3 Å². The minimum Gasteiger partial charge on any atom is -0.351 e. The number of hydrogen-bond acceptors (Lipinski definition) is 5. The third-order valence-corrected chi connectivity index (χ3v) is 7.13. The smallest absolute Gasteiger partial charge is 0.249 e. The first-order chi connectivity index (χ1) is 18.9. The van der Waals surface area contributed by atoms with Gasteiger partial charge < -0.3 is 10.6 Å². The Balaban J connectivity index is 1.58. The zero-order valence-corrected chi connectivity index (χ0v) is 22.1. The summed E-state index contributed by atoms with van der Waals surface area (Å²) < 4.78 is 1.56. The number of aryl methyl sites for hydroxylation is 1. The van der Waals surface area contributed by atoms with Gasteiger partial charge in [0, 0.05) is 24.3 Å². The van der Waals surface area contributed by atoms with E-state index in [1.54, 1.807) is 33.8 Å². The highest BCUT2D eigenvalue weighted by Crippen LogP contribution is 2.32. The average Bonchev–Trinajstić information content (AvgIpc) is 3.58. The second-order valence-electron chi connectivity index (χ2n) is 9.98. The molecule has 0 aliphatic heterocycles. The molecule has 3 amide bonds. The standard InChI is InChI=1S/C30H32N6O3/c1-20-9-3-6-12-25(20)29(30(39)32-22-10-4-5-11-22)36(24-17-15-23(16-18-24)31-21(2)37)28(38)19-35-27-14-8-7-13-26(27)33-34-35/h3,6-9,12-18,22,29H,4-5,10-11,19H2,1-2H3,(H,31,37)(H,32,39)/t29-/m0/s1. The predicted molar refractivity (Wildman–Crippen MR) is 150 cm³/mol. The first kappa shape index (κ1) is 26.1. The summed E-state index contributed by atoms with van der Waals surface area (Å²) in [5, 5.41) is 14.4. The van der Waals surface area contributed by atoms with Gasteiger partial charge in [0.1, 0.15) is 18.1 Å². The lowest BCUT2D eigenvalue weighted by Crippen LogP contribution is -2.47. The number of nitrogens with zero attached hydrogens (tertiary/aromatic N) is 4. The Kier molecular flexibility index (Phi) is 7.67. The van der Waals surface area contributed by atoms with Crippen molar-refractivity contribution in [1.29, 1.82) is 0 Å². The van der Waals surface area contributed by atoms with Gasteiger partial charge in [-0.25, -0.2) is 4.68 Å². The Morgan fingerprint density at radius 2 is 1.67 bits per heavy atom. The highest BCUT2D eigenvalue weighted by atomic mass is 16.2. The fourth-order valence-corrected chi connectivity index (χ4v) is 5.23. The number of rotatable bonds is 8. The van der Waals surface area contributed by atoms with Crippen LogP contribution < -0.4 is 15.5 Å². The minimum atomic E-state index is -0.902. The molecule has 3 aromatic carbocycles. The molecule has 0 radical (unpaired) electrons. The van der Waals surface area contributed by atoms with Gasteiger partial charge in [-0.05, 0) is 67.3 Å². The maximum atomic E-state index is 14.2. The van der Waals surface area contributed by atoms with Gasteiger partial charge in [-0.2, -0.15) is 0 Å². The Morgan fingerprint density at radius 3 is 2.38 bits per heavy atom. The third-order valence-electron chi connectivity index (χ3n) is 7.13. The topological polar surface area (TPSA) is 109 Å². The second-order valence-corrected chi connectivity index (χ2v) is 9.98. The first-order valence-electron chi connectivity index (χ1n) is 13.2. The zero-order valence-electron chi connectivity index (χ0n) is 22.1. The van der Waals surface area contributed by atoms with Crippen molar-refractivity contribution in [3.8, 4) is 0 Å². The van der Waals surface area contributed by atoms with E-state index in [4.69, 9.17) is 0 Å². The van der Waals surface area contributed by atoms with Gasteiger partial charge in [0.15, 0.2) is 0 Å². The molecule has 1 aliphatic rings. The number of amides is 3. The third kappa shape index (κ3) is 5.82. The number of fused-ring (bicyclic) bond motifs is 1. The highest BCUT2D eigenvalue weighted by Gasteiger charge is 2.35. The average molecular weight is 525 g/mol. The summed E-state index contributed by atoms with van der Waals surface area (Å²) in [7, 11) is 0. The lowest BCUT2D eigenvalue weighted by atomic mass is 9.97. The normalized spacial score (nSPS) is 14.2. The van der Waals surface area contributed by atoms with E-state index in [2.05, 4.69) is 20.9 Å². The molecule has 1 saturated carbocycles. The largest absolute Gasteiger partial charge is 0.351 e. The minimum absolute atomic E-state index is 0.0855. The molecule has 1 heterocycles. The Bertz CT molecular complexity index is 1490. The van der Waals surface area contributed by atoms with Crippen LogP contribution in [0.2, 0.25) is 0 Å². The fraction of sp³-hybridized carbons (Fsp3) is 0.300. The Morgan fingerprint density at radius 1 is 0.974 bits per heavy atom. The molecule has 39 heavy (non-hydrogen) atoms. The number of anilines is 2. The summed E-state index contributed by atoms with van der Waals surface area (Å²) in [4.78, 5) is 41.3. The van der Waals surface area contributed by atoms with Crippen LogP contribution in [0.4, 0.5) is 11.4 Å². The van der Waals surface area contributed by atoms with Crippen LogP contribution >= 0.6 is 0 Å². The van der Waals surface area contributed by atoms with E-state index in [0.717, 1.165) is 42.3 Å². The molecule has 2 N–H and O–H groups in total. The Labute approximate surface area is 227 Å². The van der Waals surface area contributed by atoms with Crippen molar-refractivity contribution in [2.75, 3.05) is 10.2 Å². The molecule has 4 aromatic rings. The number of aromatic nitrogens is 3. The van der Waals surface area contributed by atoms with Crippen molar-refractivity contribution in [3.63, 3.8) is 0 Å². The predicted octanol–water partition coefficient (Wildman–Crippen LogP) is 4.53. The molecule has 0 spiro atoms. The van der Waals surface area contributed by atoms with Crippen LogP contribution in [0.5, 0.6) is 0 Å². The van der Waals surface area contributed by atoms with E-state index in [1.165, 1.54) is 6.92 Å². The molecule has 0 bridgehead atoms. The molecule has 0 saturated heterocycles. The molecule has 1 aliphatic carbocycles. The van der Waals surface area contributed by atoms with Crippen LogP contribution in [-0.2, 0) is 20.9 Å². The summed E-state index contributed by atoms with van der Waals surface area (Å²) in [6.45, 7) is 3.28. The molecule has 200 valence electrons. The molecule has 1 fully saturated rings. The molecule has 9 nitrogen and oxygen atoms in total. The monoisotopic (exact) mass is 524 g/mol. The molecular weight excluding hydrogens is 492 g/mol. The summed E-state index contributed by atoms with van der Waals surface area (Å²) in [5.41, 5.74) is 4.20. The van der Waals surface area contributed by atoms with Crippen LogP contribution in [-0.4, -0.2) is 38.8 Å². The van der Waals surface area contributed by atoms with E-state index in [-0.39, 0.29) is 30.3 Å². The molecule has 1 aromatic heterocycles. The summed E-state index contributed by atoms with van der Waals surface area (Å²) in [6.07, 6.45) is 4.01. The summed E-state index contributed by atoms with van der Waals surface area (Å²) >= 11 is 0. The number of benzene rings is 3. The van der Waals surface area contributed by atoms with Crippen LogP contribution in [0.15, 0.2) is 72.8 Å². The van der Waals surface area contributed by atoms with Gasteiger partial charge in [0.05, 0.1) is 5.52 Å². The van der Waals surface area contributed by atoms with E-state index >= 15 is 0 Å². The van der Waals surface area contributed by atoms with Crippen LogP contribution in [0, 0.1) is 6.92 Å². The first-order valence-corrected chi connectivity index (χ1v) is 13.2. The number of carbonyl (C=O) groups excluding carboxylic acids is 3. The fourth-order valence-electron chi connectivity index (χ4n) is 5.23. The second kappa shape index (κ2) is 11.5. The van der Waals surface area contributed by atoms with Gasteiger partial charge in [0.25, 0.3) is 0 Å². The number of para-hydroxylation sites is 1. The highest BCUT2D eigenvalue weighted by molar-refractivity contribution is 6.02. The van der Waals surface area contributed by atoms with E-state index in [0.29, 0.717) is 16.9 Å². The summed E-state index contributed by atoms with van der Waals surface area (Å²) in [5.74, 6) is -0.728. The van der Waals surface area contributed by atoms with Crippen LogP contribution in [0.25, 0.3) is 11.0 Å². The van der Waals surface area contributed by atoms with Gasteiger partial charge >= 0.3 is 0 Å². The Hall–Kier alpha value is -4.53. The molecule has 9 heteroatoms. The van der Waals surface area contributed by atoms with Crippen molar-refractivity contribution in [2.24, 2.45) is 0 Å². The lowest BCUT2D eigenvalue weighted by molar-refractivity contribution is -0.127. The van der Waals surface area contributed by atoms with E-state index < -0.39 is 6.04 Å². The van der Waals surface area contributed by atoms with E-state index in [9.17, 15) is 14.4 Å². The van der Waals surface area contributed by atoms with Crippen LogP contribution in [0.1, 0.15) is 49.8 Å². The van der Waals surface area contributed by atoms with Crippen molar-refractivity contribution >= 4 is 40.1 Å². The number of carbonyl (C=O) groups is 3. The SMILES string of the molecule is CC(=O)Nc1ccc(N(C(=O)Cn2nnc3ccccc32)[C@H](C(=O)NC2CCCC2)c2ccccc2C)cc1. The number of nitrogens with one attached hydrogen (secondary N) is 2. The number of hydrogen-bond donors (Lipinski definition) is 2. The lowest BCUT2D eigenvalue weighted by Gasteiger charge is -2.33. The maximum Gasteiger partial charge on any atom is 0.249 e. The maximum absolute atomic E-state index is 14.2. The van der Waals surface area contributed by atoms with Crippen molar-refractivity contribution in [1.82, 2.24) is 20.3 Å². The van der Waals surface area contributed by atoms with Gasteiger partial charge in [0.2, 0.25) is 17.7 Å². The summed E-state index contributed by atoms with van der Waals surface area (Å²) in [6, 6.07) is 21.2. The van der Waals surface area contributed by atoms with Crippen LogP contribution in [0.3, 0.4) is 0 Å². The van der Waals surface area contributed by atoms with Crippen molar-refractivity contribution in [3.05, 3.63) is 83.9 Å². The van der Waals surface area contributed by atoms with E-state index in [1.807, 2.05) is 55.5 Å². The van der Waals surface area contributed by atoms with Gasteiger partial charge in [-0.1, -0.05) is 54.5 Å².